The van der Waals surface area contributed by atoms with Crippen LogP contribution in [-0.2, 0) is 6.54 Å². The van der Waals surface area contributed by atoms with E-state index < -0.39 is 0 Å². The molecule has 2 N–H and O–H groups in total. The van der Waals surface area contributed by atoms with Crippen LogP contribution < -0.4 is 10.2 Å². The number of fused-ring (bicyclic) bond motifs is 1. The average molecular weight is 477 g/mol. The van der Waals surface area contributed by atoms with E-state index in [1.165, 1.54) is 19.3 Å². The number of piperidine rings is 1. The van der Waals surface area contributed by atoms with Gasteiger partial charge in [-0.3, -0.25) is 9.89 Å². The van der Waals surface area contributed by atoms with Gasteiger partial charge in [-0.05, 0) is 31.1 Å². The van der Waals surface area contributed by atoms with Crippen LogP contribution in [0, 0.1) is 0 Å². The molecule has 0 bridgehead atoms. The molecule has 9 nitrogen and oxygen atoms in total. The molecule has 34 heavy (non-hydrogen) atoms. The van der Waals surface area contributed by atoms with Gasteiger partial charge in [-0.1, -0.05) is 49.0 Å². The number of aromatic nitrogens is 6. The third kappa shape index (κ3) is 4.77. The molecular formula is C24H28N8OS. The first-order valence-corrected chi connectivity index (χ1v) is 12.7. The monoisotopic (exact) mass is 476 g/mol. The van der Waals surface area contributed by atoms with Gasteiger partial charge in [-0.2, -0.15) is 10.2 Å². The minimum Gasteiger partial charge on any atom is -0.356 e. The second-order valence-corrected chi connectivity index (χ2v) is 9.44. The van der Waals surface area contributed by atoms with Crippen LogP contribution in [-0.4, -0.2) is 61.2 Å². The molecule has 1 fully saturated rings. The number of carbonyl (C=O) groups is 1. The Balaban J connectivity index is 1.29. The lowest BCUT2D eigenvalue weighted by Crippen LogP contribution is -2.30. The van der Waals surface area contributed by atoms with E-state index in [1.807, 2.05) is 41.2 Å². The summed E-state index contributed by atoms with van der Waals surface area (Å²) in [6, 6.07) is 11.5. The lowest BCUT2D eigenvalue weighted by molar-refractivity contribution is 0.0947. The highest BCUT2D eigenvalue weighted by molar-refractivity contribution is 7.99. The molecule has 0 radical (unpaired) electrons. The van der Waals surface area contributed by atoms with Crippen LogP contribution in [0.5, 0.6) is 0 Å². The summed E-state index contributed by atoms with van der Waals surface area (Å²) in [4.78, 5) is 24.6. The van der Waals surface area contributed by atoms with Crippen molar-refractivity contribution in [3.05, 3.63) is 48.3 Å². The predicted molar refractivity (Wildman–Crippen MR) is 134 cm³/mol. The minimum atomic E-state index is -0.197. The highest BCUT2D eigenvalue weighted by Gasteiger charge is 2.20. The average Bonchev–Trinajstić information content (AvgIpc) is 3.53. The lowest BCUT2D eigenvalue weighted by atomic mass is 10.1. The third-order valence-corrected chi connectivity index (χ3v) is 6.62. The number of hydrogen-bond donors (Lipinski definition) is 2. The summed E-state index contributed by atoms with van der Waals surface area (Å²) in [5.74, 6) is 1.68. The Morgan fingerprint density at radius 1 is 1.15 bits per heavy atom. The van der Waals surface area contributed by atoms with Crippen LogP contribution in [0.4, 0.5) is 5.82 Å². The number of benzene rings is 1. The summed E-state index contributed by atoms with van der Waals surface area (Å²) < 4.78 is 1.85. The number of nitrogens with one attached hydrogen (secondary N) is 2. The Labute approximate surface area is 202 Å². The molecule has 1 amide bonds. The van der Waals surface area contributed by atoms with Gasteiger partial charge in [0.25, 0.3) is 5.91 Å². The Kier molecular flexibility index (Phi) is 6.75. The van der Waals surface area contributed by atoms with Crippen molar-refractivity contribution in [2.45, 2.75) is 37.9 Å². The van der Waals surface area contributed by atoms with Gasteiger partial charge in [0.1, 0.15) is 11.5 Å². The number of nitrogens with zero attached hydrogens (tertiary/aromatic N) is 6. The van der Waals surface area contributed by atoms with Crippen LogP contribution >= 0.6 is 11.8 Å². The van der Waals surface area contributed by atoms with Crippen LogP contribution in [0.25, 0.3) is 22.3 Å². The molecule has 1 aliphatic heterocycles. The molecule has 0 atom stereocenters. The zero-order valence-electron chi connectivity index (χ0n) is 19.2. The number of H-pyrrole nitrogens is 1. The fraction of sp³-hybridized carbons (Fsp3) is 0.375. The SMILES string of the molecule is CCSc1nc(N2CCCCC2)c2cnn(CCNC(=O)c3cc(-c4ccccc4)n[nH]3)c2n1. The van der Waals surface area contributed by atoms with E-state index in [0.717, 1.165) is 52.1 Å². The maximum Gasteiger partial charge on any atom is 0.269 e. The first-order valence-electron chi connectivity index (χ1n) is 11.7. The summed E-state index contributed by atoms with van der Waals surface area (Å²) in [5.41, 5.74) is 2.95. The van der Waals surface area contributed by atoms with Crippen LogP contribution in [0.3, 0.4) is 0 Å². The molecular weight excluding hydrogens is 448 g/mol. The zero-order valence-corrected chi connectivity index (χ0v) is 20.0. The molecule has 4 aromatic rings. The van der Waals surface area contributed by atoms with Gasteiger partial charge in [0.15, 0.2) is 10.8 Å². The Bertz CT molecular complexity index is 1260. The number of anilines is 1. The molecule has 176 valence electrons. The molecule has 1 aliphatic rings. The van der Waals surface area contributed by atoms with E-state index in [9.17, 15) is 4.79 Å². The van der Waals surface area contributed by atoms with Crippen molar-refractivity contribution in [2.75, 3.05) is 30.3 Å². The summed E-state index contributed by atoms with van der Waals surface area (Å²) in [6.45, 7) is 5.07. The highest BCUT2D eigenvalue weighted by Crippen LogP contribution is 2.29. The zero-order chi connectivity index (χ0) is 23.3. The van der Waals surface area contributed by atoms with Gasteiger partial charge in [-0.15, -0.1) is 0 Å². The van der Waals surface area contributed by atoms with E-state index in [2.05, 4.69) is 32.4 Å². The fourth-order valence-corrected chi connectivity index (χ4v) is 4.75. The molecule has 10 heteroatoms. The standard InChI is InChI=1S/C24H28N8OS/c1-2-34-24-27-21(31-12-7-4-8-13-31)18-16-26-32(22(18)28-24)14-11-25-23(33)20-15-19(29-30-20)17-9-5-3-6-10-17/h3,5-6,9-10,15-16H,2,4,7-8,11-14H2,1H3,(H,25,33)(H,29,30). The van der Waals surface area contributed by atoms with Gasteiger partial charge in [-0.25, -0.2) is 14.6 Å². The van der Waals surface area contributed by atoms with Gasteiger partial charge < -0.3 is 10.2 Å². The molecule has 0 saturated carbocycles. The van der Waals surface area contributed by atoms with Gasteiger partial charge in [0.2, 0.25) is 0 Å². The first-order chi connectivity index (χ1) is 16.7. The summed E-state index contributed by atoms with van der Waals surface area (Å²) >= 11 is 1.64. The number of aromatic amines is 1. The topological polar surface area (TPSA) is 105 Å². The van der Waals surface area contributed by atoms with E-state index in [-0.39, 0.29) is 5.91 Å². The second kappa shape index (κ2) is 10.3. The smallest absolute Gasteiger partial charge is 0.269 e. The van der Waals surface area contributed by atoms with E-state index in [4.69, 9.17) is 9.97 Å². The molecule has 1 aromatic carbocycles. The van der Waals surface area contributed by atoms with Crippen molar-refractivity contribution >= 4 is 34.5 Å². The first kappa shape index (κ1) is 22.4. The van der Waals surface area contributed by atoms with Crippen molar-refractivity contribution < 1.29 is 4.79 Å². The van der Waals surface area contributed by atoms with Crippen molar-refractivity contribution in [3.8, 4) is 11.3 Å². The number of hydrogen-bond acceptors (Lipinski definition) is 7. The van der Waals surface area contributed by atoms with Crippen molar-refractivity contribution in [1.29, 1.82) is 0 Å². The Hall–Kier alpha value is -3.40. The number of rotatable bonds is 8. The molecule has 1 saturated heterocycles. The predicted octanol–water partition coefficient (Wildman–Crippen LogP) is 3.75. The van der Waals surface area contributed by atoms with Crippen molar-refractivity contribution in [3.63, 3.8) is 0 Å². The quantitative estimate of drug-likeness (QED) is 0.295. The maximum absolute atomic E-state index is 12.6. The lowest BCUT2D eigenvalue weighted by Gasteiger charge is -2.28. The Morgan fingerprint density at radius 2 is 1.97 bits per heavy atom. The van der Waals surface area contributed by atoms with Gasteiger partial charge in [0, 0.05) is 25.2 Å². The normalized spacial score (nSPS) is 14.0. The van der Waals surface area contributed by atoms with E-state index in [0.29, 0.717) is 18.8 Å². The maximum atomic E-state index is 12.6. The molecule has 0 aliphatic carbocycles. The van der Waals surface area contributed by atoms with E-state index >= 15 is 0 Å². The summed E-state index contributed by atoms with van der Waals surface area (Å²) in [6.07, 6.45) is 5.48. The van der Waals surface area contributed by atoms with Crippen LogP contribution in [0.15, 0.2) is 47.8 Å². The molecule has 3 aromatic heterocycles. The minimum absolute atomic E-state index is 0.197. The fourth-order valence-electron chi connectivity index (χ4n) is 4.19. The molecule has 0 unspecified atom stereocenters. The van der Waals surface area contributed by atoms with E-state index in [1.54, 1.807) is 17.8 Å². The van der Waals surface area contributed by atoms with Crippen LogP contribution in [0.1, 0.15) is 36.7 Å². The molecule has 0 spiro atoms. The van der Waals surface area contributed by atoms with Gasteiger partial charge >= 0.3 is 0 Å². The largest absolute Gasteiger partial charge is 0.356 e. The van der Waals surface area contributed by atoms with Crippen molar-refractivity contribution in [2.24, 2.45) is 0 Å². The number of amides is 1. The Morgan fingerprint density at radius 3 is 2.76 bits per heavy atom. The van der Waals surface area contributed by atoms with Gasteiger partial charge in [0.05, 0.1) is 23.8 Å². The second-order valence-electron chi connectivity index (χ2n) is 8.20. The third-order valence-electron chi connectivity index (χ3n) is 5.89. The highest BCUT2D eigenvalue weighted by atomic mass is 32.2. The summed E-state index contributed by atoms with van der Waals surface area (Å²) in [5, 5.41) is 16.4. The number of thioether (sulfide) groups is 1. The molecule has 4 heterocycles. The van der Waals surface area contributed by atoms with Crippen LogP contribution in [0.2, 0.25) is 0 Å². The number of carbonyl (C=O) groups excluding carboxylic acids is 1. The molecule has 5 rings (SSSR count). The van der Waals surface area contributed by atoms with Crippen molar-refractivity contribution in [1.82, 2.24) is 35.3 Å². The summed E-state index contributed by atoms with van der Waals surface area (Å²) in [7, 11) is 0.